The second-order valence-electron chi connectivity index (χ2n) is 4.85. The summed E-state index contributed by atoms with van der Waals surface area (Å²) >= 11 is 0. The Bertz CT molecular complexity index is 260. The van der Waals surface area contributed by atoms with Gasteiger partial charge in [0.2, 0.25) is 5.91 Å². The highest BCUT2D eigenvalue weighted by Gasteiger charge is 2.32. The number of ether oxygens (including phenoxy) is 2. The number of carbonyl (C=O) groups excluding carboxylic acids is 1. The van der Waals surface area contributed by atoms with E-state index in [0.29, 0.717) is 38.8 Å². The molecule has 1 unspecified atom stereocenters. The molecule has 106 valence electrons. The zero-order chi connectivity index (χ0) is 12.1. The number of hydrogen-bond acceptors (Lipinski definition) is 4. The van der Waals surface area contributed by atoms with Crippen LogP contribution in [0.5, 0.6) is 0 Å². The summed E-state index contributed by atoms with van der Waals surface area (Å²) < 4.78 is 10.8. The second kappa shape index (κ2) is 7.94. The minimum absolute atomic E-state index is 0. The van der Waals surface area contributed by atoms with Crippen LogP contribution in [0, 0.1) is 11.8 Å². The Hall–Kier alpha value is -0.360. The highest BCUT2D eigenvalue weighted by molar-refractivity contribution is 5.85. The second-order valence-corrected chi connectivity index (χ2v) is 4.85. The summed E-state index contributed by atoms with van der Waals surface area (Å²) in [5.74, 6) is 0.593. The molecule has 1 saturated carbocycles. The van der Waals surface area contributed by atoms with Gasteiger partial charge in [0, 0.05) is 12.5 Å². The van der Waals surface area contributed by atoms with Crippen LogP contribution in [0.3, 0.4) is 0 Å². The predicted octanol–water partition coefficient (Wildman–Crippen LogP) is 0.315. The molecule has 2 aliphatic rings. The third-order valence-corrected chi connectivity index (χ3v) is 3.69. The van der Waals surface area contributed by atoms with Crippen LogP contribution in [0.2, 0.25) is 0 Å². The summed E-state index contributed by atoms with van der Waals surface area (Å²) in [5.41, 5.74) is 5.68. The van der Waals surface area contributed by atoms with Gasteiger partial charge in [0.25, 0.3) is 0 Å². The monoisotopic (exact) mass is 278 g/mol. The van der Waals surface area contributed by atoms with E-state index in [1.807, 2.05) is 0 Å². The number of nitrogens with two attached hydrogens (primary N) is 1. The Morgan fingerprint density at radius 1 is 1.33 bits per heavy atom. The van der Waals surface area contributed by atoms with Crippen LogP contribution in [-0.2, 0) is 14.3 Å². The third kappa shape index (κ3) is 4.09. The van der Waals surface area contributed by atoms with E-state index in [-0.39, 0.29) is 30.3 Å². The van der Waals surface area contributed by atoms with Crippen LogP contribution in [0.1, 0.15) is 19.3 Å². The fourth-order valence-electron chi connectivity index (χ4n) is 2.66. The Labute approximate surface area is 114 Å². The molecule has 3 atom stereocenters. The topological polar surface area (TPSA) is 73.6 Å². The summed E-state index contributed by atoms with van der Waals surface area (Å²) in [4.78, 5) is 12.0. The van der Waals surface area contributed by atoms with Crippen LogP contribution < -0.4 is 11.1 Å². The lowest BCUT2D eigenvalue weighted by Crippen LogP contribution is -2.43. The zero-order valence-electron chi connectivity index (χ0n) is 10.6. The van der Waals surface area contributed by atoms with Gasteiger partial charge in [-0.3, -0.25) is 4.79 Å². The summed E-state index contributed by atoms with van der Waals surface area (Å²) in [6.07, 6.45) is 3.17. The number of hydrogen-bond donors (Lipinski definition) is 2. The number of halogens is 1. The van der Waals surface area contributed by atoms with Crippen LogP contribution in [-0.4, -0.2) is 44.9 Å². The van der Waals surface area contributed by atoms with Crippen LogP contribution in [0.25, 0.3) is 0 Å². The molecule has 0 bridgehead atoms. The number of nitrogens with one attached hydrogen (secondary N) is 1. The molecule has 6 heteroatoms. The maximum atomic E-state index is 12.0. The van der Waals surface area contributed by atoms with Crippen LogP contribution in [0.4, 0.5) is 0 Å². The fraction of sp³-hybridized carbons (Fsp3) is 0.917. The van der Waals surface area contributed by atoms with Crippen molar-refractivity contribution >= 4 is 18.3 Å². The van der Waals surface area contributed by atoms with Crippen molar-refractivity contribution in [1.29, 1.82) is 0 Å². The first-order chi connectivity index (χ1) is 8.31. The molecule has 18 heavy (non-hydrogen) atoms. The molecule has 1 aliphatic heterocycles. The molecular weight excluding hydrogens is 256 g/mol. The maximum absolute atomic E-state index is 12.0. The quantitative estimate of drug-likeness (QED) is 0.777. The first-order valence-corrected chi connectivity index (χ1v) is 6.48. The number of rotatable bonds is 4. The number of carbonyl (C=O) groups is 1. The van der Waals surface area contributed by atoms with Gasteiger partial charge >= 0.3 is 0 Å². The smallest absolute Gasteiger partial charge is 0.223 e. The van der Waals surface area contributed by atoms with Crippen LogP contribution >= 0.6 is 12.4 Å². The van der Waals surface area contributed by atoms with E-state index < -0.39 is 0 Å². The molecule has 0 aromatic heterocycles. The SMILES string of the molecule is Cl.NC[C@H]1CCC[C@H]1C(=O)NCC1COCCO1. The molecule has 0 aromatic rings. The average molecular weight is 279 g/mol. The van der Waals surface area contributed by atoms with E-state index in [9.17, 15) is 4.79 Å². The molecule has 0 spiro atoms. The molecule has 2 rings (SSSR count). The molecule has 2 fully saturated rings. The highest BCUT2D eigenvalue weighted by atomic mass is 35.5. The van der Waals surface area contributed by atoms with Gasteiger partial charge in [-0.2, -0.15) is 0 Å². The normalized spacial score (nSPS) is 31.7. The minimum Gasteiger partial charge on any atom is -0.376 e. The van der Waals surface area contributed by atoms with Gasteiger partial charge in [0.15, 0.2) is 0 Å². The van der Waals surface area contributed by atoms with Gasteiger partial charge < -0.3 is 20.5 Å². The zero-order valence-corrected chi connectivity index (χ0v) is 11.4. The lowest BCUT2D eigenvalue weighted by atomic mass is 9.95. The van der Waals surface area contributed by atoms with E-state index in [1.54, 1.807) is 0 Å². The predicted molar refractivity (Wildman–Crippen MR) is 70.7 cm³/mol. The summed E-state index contributed by atoms with van der Waals surface area (Å²) in [5, 5.41) is 2.96. The number of amides is 1. The van der Waals surface area contributed by atoms with E-state index in [4.69, 9.17) is 15.2 Å². The van der Waals surface area contributed by atoms with Crippen LogP contribution in [0.15, 0.2) is 0 Å². The molecule has 1 amide bonds. The Morgan fingerprint density at radius 3 is 2.83 bits per heavy atom. The van der Waals surface area contributed by atoms with E-state index in [0.717, 1.165) is 19.3 Å². The van der Waals surface area contributed by atoms with E-state index >= 15 is 0 Å². The van der Waals surface area contributed by atoms with Gasteiger partial charge in [-0.05, 0) is 25.3 Å². The van der Waals surface area contributed by atoms with Crippen molar-refractivity contribution in [3.63, 3.8) is 0 Å². The first-order valence-electron chi connectivity index (χ1n) is 6.48. The minimum atomic E-state index is 0. The van der Waals surface area contributed by atoms with Crippen molar-refractivity contribution in [3.8, 4) is 0 Å². The van der Waals surface area contributed by atoms with E-state index in [2.05, 4.69) is 5.32 Å². The van der Waals surface area contributed by atoms with Gasteiger partial charge in [0.05, 0.1) is 25.9 Å². The average Bonchev–Trinajstić information content (AvgIpc) is 2.85. The summed E-state index contributed by atoms with van der Waals surface area (Å²) in [6.45, 7) is 3.01. The summed E-state index contributed by atoms with van der Waals surface area (Å²) in [6, 6.07) is 0. The molecular formula is C12H23ClN2O3. The lowest BCUT2D eigenvalue weighted by molar-refractivity contribution is -0.128. The lowest BCUT2D eigenvalue weighted by Gasteiger charge is -2.24. The van der Waals surface area contributed by atoms with Gasteiger partial charge in [-0.25, -0.2) is 0 Å². The fourth-order valence-corrected chi connectivity index (χ4v) is 2.66. The molecule has 5 nitrogen and oxygen atoms in total. The van der Waals surface area contributed by atoms with Crippen molar-refractivity contribution in [2.45, 2.75) is 25.4 Å². The van der Waals surface area contributed by atoms with Gasteiger partial charge in [0.1, 0.15) is 0 Å². The van der Waals surface area contributed by atoms with E-state index in [1.165, 1.54) is 0 Å². The Morgan fingerprint density at radius 2 is 2.17 bits per heavy atom. The highest BCUT2D eigenvalue weighted by Crippen LogP contribution is 2.30. The van der Waals surface area contributed by atoms with Crippen molar-refractivity contribution in [2.75, 3.05) is 32.9 Å². The third-order valence-electron chi connectivity index (χ3n) is 3.69. The Balaban J connectivity index is 0.00000162. The molecule has 0 radical (unpaired) electrons. The molecule has 1 aliphatic carbocycles. The van der Waals surface area contributed by atoms with Crippen molar-refractivity contribution < 1.29 is 14.3 Å². The van der Waals surface area contributed by atoms with Crippen molar-refractivity contribution in [2.24, 2.45) is 17.6 Å². The molecule has 3 N–H and O–H groups in total. The molecule has 1 saturated heterocycles. The van der Waals surface area contributed by atoms with Crippen molar-refractivity contribution in [3.05, 3.63) is 0 Å². The maximum Gasteiger partial charge on any atom is 0.223 e. The van der Waals surface area contributed by atoms with Crippen molar-refractivity contribution in [1.82, 2.24) is 5.32 Å². The standard InChI is InChI=1S/C12H22N2O3.ClH/c13-6-9-2-1-3-11(9)12(15)14-7-10-8-16-4-5-17-10;/h9-11H,1-8,13H2,(H,14,15);1H/t9-,10?,11-;/m1./s1. The summed E-state index contributed by atoms with van der Waals surface area (Å²) in [7, 11) is 0. The van der Waals surface area contributed by atoms with Gasteiger partial charge in [-0.1, -0.05) is 6.42 Å². The first kappa shape index (κ1) is 15.7. The Kier molecular flexibility index (Phi) is 6.92. The largest absolute Gasteiger partial charge is 0.376 e. The van der Waals surface area contributed by atoms with Gasteiger partial charge in [-0.15, -0.1) is 12.4 Å². The molecule has 0 aromatic carbocycles. The molecule has 1 heterocycles.